The number of amides is 2. The number of nitrogens with zero attached hydrogens (tertiary/aromatic N) is 3. The van der Waals surface area contributed by atoms with Crippen molar-refractivity contribution in [2.75, 3.05) is 6.54 Å². The summed E-state index contributed by atoms with van der Waals surface area (Å²) in [6.07, 6.45) is 0.717. The third kappa shape index (κ3) is 4.90. The van der Waals surface area contributed by atoms with E-state index in [1.54, 1.807) is 24.8 Å². The lowest BCUT2D eigenvalue weighted by Gasteiger charge is -2.19. The predicted octanol–water partition coefficient (Wildman–Crippen LogP) is 2.46. The Kier molecular flexibility index (Phi) is 5.71. The minimum absolute atomic E-state index is 0.0527. The van der Waals surface area contributed by atoms with Crippen LogP contribution in [0.15, 0.2) is 43.0 Å². The third-order valence-electron chi connectivity index (χ3n) is 4.65. The quantitative estimate of drug-likeness (QED) is 0.819. The molecule has 0 saturated carbocycles. The molecule has 150 valence electrons. The lowest BCUT2D eigenvalue weighted by atomic mass is 10.1. The van der Waals surface area contributed by atoms with Crippen LogP contribution in [0.25, 0.3) is 0 Å². The first-order valence-corrected chi connectivity index (χ1v) is 8.92. The highest BCUT2D eigenvalue weighted by atomic mass is 19.4. The highest BCUT2D eigenvalue weighted by Gasteiger charge is 2.35. The second-order valence-corrected chi connectivity index (χ2v) is 7.04. The van der Waals surface area contributed by atoms with Gasteiger partial charge in [-0.1, -0.05) is 12.1 Å². The summed E-state index contributed by atoms with van der Waals surface area (Å²) in [5.74, 6) is -0.976. The lowest BCUT2D eigenvalue weighted by Crippen LogP contribution is -2.40. The maximum Gasteiger partial charge on any atom is 0.416 e. The number of carbonyl (C=O) groups excluding carboxylic acids is 2. The number of carbonyl (C=O) groups is 2. The normalized spacial score (nSPS) is 18.4. The van der Waals surface area contributed by atoms with Gasteiger partial charge in [0.1, 0.15) is 0 Å². The monoisotopic (exact) mass is 394 g/mol. The van der Waals surface area contributed by atoms with Crippen LogP contribution in [0, 0.1) is 5.92 Å². The lowest BCUT2D eigenvalue weighted by molar-refractivity contribution is -0.137. The molecule has 1 N–H and O–H groups in total. The van der Waals surface area contributed by atoms with E-state index in [1.165, 1.54) is 11.0 Å². The minimum atomic E-state index is -4.43. The van der Waals surface area contributed by atoms with E-state index >= 15 is 0 Å². The summed E-state index contributed by atoms with van der Waals surface area (Å²) in [5, 5.41) is 2.88. The molecule has 3 rings (SSSR count). The van der Waals surface area contributed by atoms with Crippen molar-refractivity contribution >= 4 is 11.8 Å². The molecule has 1 aromatic carbocycles. The predicted molar refractivity (Wildman–Crippen MR) is 94.8 cm³/mol. The van der Waals surface area contributed by atoms with Crippen molar-refractivity contribution in [2.45, 2.75) is 38.7 Å². The van der Waals surface area contributed by atoms with Gasteiger partial charge in [0.2, 0.25) is 11.8 Å². The van der Waals surface area contributed by atoms with E-state index in [0.717, 1.165) is 12.1 Å². The van der Waals surface area contributed by atoms with Gasteiger partial charge in [0.15, 0.2) is 0 Å². The number of likely N-dealkylation sites (tertiary alicyclic amines) is 1. The standard InChI is InChI=1S/C19H21F3N4O2/c1-13(9-25-6-5-23-12-25)24-18(28)15-8-17(27)26(11-15)10-14-3-2-4-16(7-14)19(20,21)22/h2-7,12-13,15H,8-11H2,1H3,(H,24,28)/t13-,15-/m0/s1. The fourth-order valence-corrected chi connectivity index (χ4v) is 3.28. The molecule has 1 aliphatic rings. The van der Waals surface area contributed by atoms with Crippen molar-refractivity contribution in [3.05, 3.63) is 54.1 Å². The van der Waals surface area contributed by atoms with E-state index in [4.69, 9.17) is 0 Å². The Labute approximate surface area is 160 Å². The van der Waals surface area contributed by atoms with E-state index in [9.17, 15) is 22.8 Å². The number of rotatable bonds is 6. The first kappa shape index (κ1) is 19.9. The SMILES string of the molecule is C[C@@H](Cn1ccnc1)NC(=O)[C@H]1CC(=O)N(Cc2cccc(C(F)(F)F)c2)C1. The molecule has 2 atom stereocenters. The third-order valence-corrected chi connectivity index (χ3v) is 4.65. The summed E-state index contributed by atoms with van der Waals surface area (Å²) in [7, 11) is 0. The zero-order chi connectivity index (χ0) is 20.3. The number of nitrogens with one attached hydrogen (secondary N) is 1. The molecule has 0 unspecified atom stereocenters. The van der Waals surface area contributed by atoms with Crippen molar-refractivity contribution < 1.29 is 22.8 Å². The van der Waals surface area contributed by atoms with Gasteiger partial charge in [0, 0.05) is 44.5 Å². The van der Waals surface area contributed by atoms with E-state index in [0.29, 0.717) is 12.1 Å². The fourth-order valence-electron chi connectivity index (χ4n) is 3.28. The Bertz CT molecular complexity index is 836. The number of imidazole rings is 1. The summed E-state index contributed by atoms with van der Waals surface area (Å²) in [6.45, 7) is 2.66. The number of hydrogen-bond acceptors (Lipinski definition) is 3. The van der Waals surface area contributed by atoms with Gasteiger partial charge in [-0.2, -0.15) is 13.2 Å². The summed E-state index contributed by atoms with van der Waals surface area (Å²) in [6, 6.07) is 4.75. The van der Waals surface area contributed by atoms with Crippen LogP contribution < -0.4 is 5.32 Å². The Morgan fingerprint density at radius 2 is 2.18 bits per heavy atom. The maximum absolute atomic E-state index is 12.8. The molecular formula is C19H21F3N4O2. The van der Waals surface area contributed by atoms with Crippen molar-refractivity contribution in [2.24, 2.45) is 5.92 Å². The second kappa shape index (κ2) is 8.04. The summed E-state index contributed by atoms with van der Waals surface area (Å²) in [4.78, 5) is 30.1. The van der Waals surface area contributed by atoms with Crippen LogP contribution in [0.2, 0.25) is 0 Å². The zero-order valence-corrected chi connectivity index (χ0v) is 15.3. The fraction of sp³-hybridized carbons (Fsp3) is 0.421. The van der Waals surface area contributed by atoms with Gasteiger partial charge in [-0.3, -0.25) is 9.59 Å². The van der Waals surface area contributed by atoms with Crippen molar-refractivity contribution in [1.29, 1.82) is 0 Å². The highest BCUT2D eigenvalue weighted by molar-refractivity contribution is 5.89. The van der Waals surface area contributed by atoms with Crippen LogP contribution in [0.5, 0.6) is 0 Å². The second-order valence-electron chi connectivity index (χ2n) is 7.04. The van der Waals surface area contributed by atoms with Crippen molar-refractivity contribution in [1.82, 2.24) is 19.8 Å². The molecule has 2 amide bonds. The number of benzene rings is 1. The number of aromatic nitrogens is 2. The van der Waals surface area contributed by atoms with Gasteiger partial charge in [-0.15, -0.1) is 0 Å². The Morgan fingerprint density at radius 1 is 1.39 bits per heavy atom. The van der Waals surface area contributed by atoms with E-state index in [-0.39, 0.29) is 37.4 Å². The molecule has 0 aliphatic carbocycles. The van der Waals surface area contributed by atoms with Crippen LogP contribution >= 0.6 is 0 Å². The van der Waals surface area contributed by atoms with Crippen molar-refractivity contribution in [3.8, 4) is 0 Å². The largest absolute Gasteiger partial charge is 0.416 e. The molecule has 2 heterocycles. The minimum Gasteiger partial charge on any atom is -0.352 e. The van der Waals surface area contributed by atoms with Crippen LogP contribution in [0.4, 0.5) is 13.2 Å². The van der Waals surface area contributed by atoms with E-state index < -0.39 is 17.7 Å². The molecule has 1 fully saturated rings. The van der Waals surface area contributed by atoms with Crippen LogP contribution in [-0.4, -0.2) is 38.9 Å². The summed E-state index contributed by atoms with van der Waals surface area (Å²) in [5.41, 5.74) is -0.364. The maximum atomic E-state index is 12.8. The Hall–Kier alpha value is -2.84. The molecule has 1 aromatic heterocycles. The molecule has 0 bridgehead atoms. The topological polar surface area (TPSA) is 67.2 Å². The molecule has 1 aliphatic heterocycles. The molecule has 0 radical (unpaired) electrons. The number of alkyl halides is 3. The molecule has 1 saturated heterocycles. The van der Waals surface area contributed by atoms with Gasteiger partial charge in [0.05, 0.1) is 17.8 Å². The Morgan fingerprint density at radius 3 is 2.86 bits per heavy atom. The average Bonchev–Trinajstić information content (AvgIpc) is 3.24. The Balaban J connectivity index is 1.56. The highest BCUT2D eigenvalue weighted by Crippen LogP contribution is 2.30. The number of hydrogen-bond donors (Lipinski definition) is 1. The molecular weight excluding hydrogens is 373 g/mol. The van der Waals surface area contributed by atoms with Gasteiger partial charge >= 0.3 is 6.18 Å². The molecule has 2 aromatic rings. The van der Waals surface area contributed by atoms with E-state index in [1.807, 2.05) is 11.5 Å². The first-order valence-electron chi connectivity index (χ1n) is 8.92. The van der Waals surface area contributed by atoms with Crippen LogP contribution in [0.1, 0.15) is 24.5 Å². The van der Waals surface area contributed by atoms with Crippen LogP contribution in [-0.2, 0) is 28.9 Å². The van der Waals surface area contributed by atoms with Gasteiger partial charge < -0.3 is 14.8 Å². The molecule has 28 heavy (non-hydrogen) atoms. The van der Waals surface area contributed by atoms with Gasteiger partial charge in [-0.25, -0.2) is 4.98 Å². The smallest absolute Gasteiger partial charge is 0.352 e. The molecule has 9 heteroatoms. The van der Waals surface area contributed by atoms with Gasteiger partial charge in [0.25, 0.3) is 0 Å². The molecule has 6 nitrogen and oxygen atoms in total. The number of halogens is 3. The van der Waals surface area contributed by atoms with Crippen molar-refractivity contribution in [3.63, 3.8) is 0 Å². The first-order chi connectivity index (χ1) is 13.2. The van der Waals surface area contributed by atoms with Crippen LogP contribution in [0.3, 0.4) is 0 Å². The van der Waals surface area contributed by atoms with E-state index in [2.05, 4.69) is 10.3 Å². The van der Waals surface area contributed by atoms with Gasteiger partial charge in [-0.05, 0) is 24.6 Å². The average molecular weight is 394 g/mol. The summed E-state index contributed by atoms with van der Waals surface area (Å²) >= 11 is 0. The summed E-state index contributed by atoms with van der Waals surface area (Å²) < 4.78 is 40.4. The zero-order valence-electron chi connectivity index (χ0n) is 15.3. The molecule has 0 spiro atoms.